The summed E-state index contributed by atoms with van der Waals surface area (Å²) in [6.07, 6.45) is 4.12. The van der Waals surface area contributed by atoms with E-state index in [0.717, 1.165) is 6.08 Å². The highest BCUT2D eigenvalue weighted by Gasteiger charge is 2.20. The molecule has 0 bridgehead atoms. The van der Waals surface area contributed by atoms with Gasteiger partial charge in [-0.15, -0.1) is 0 Å². The molecule has 40 heavy (non-hydrogen) atoms. The van der Waals surface area contributed by atoms with Crippen molar-refractivity contribution in [1.82, 2.24) is 0 Å². The number of methoxy groups -OCH3 is 2. The Morgan fingerprint density at radius 3 is 1.95 bits per heavy atom. The lowest BCUT2D eigenvalue weighted by Crippen LogP contribution is -2.37. The van der Waals surface area contributed by atoms with Gasteiger partial charge in [0.05, 0.1) is 42.0 Å². The Morgan fingerprint density at radius 2 is 1.43 bits per heavy atom. The van der Waals surface area contributed by atoms with Crippen LogP contribution in [0.3, 0.4) is 0 Å². The van der Waals surface area contributed by atoms with Crippen molar-refractivity contribution in [1.29, 1.82) is 0 Å². The lowest BCUT2D eigenvalue weighted by molar-refractivity contribution is -0.870. The maximum absolute atomic E-state index is 12.5. The van der Waals surface area contributed by atoms with Crippen LogP contribution in [-0.4, -0.2) is 84.3 Å². The van der Waals surface area contributed by atoms with Gasteiger partial charge in [0.25, 0.3) is 7.82 Å². The zero-order valence-corrected chi connectivity index (χ0v) is 24.2. The van der Waals surface area contributed by atoms with E-state index in [4.69, 9.17) is 28.0 Å². The minimum atomic E-state index is -4.71. The molecule has 12 heteroatoms. The van der Waals surface area contributed by atoms with Crippen LogP contribution < -0.4 is 14.4 Å². The molecule has 0 aliphatic rings. The first-order valence-corrected chi connectivity index (χ1v) is 13.8. The van der Waals surface area contributed by atoms with E-state index in [-0.39, 0.29) is 6.61 Å². The zero-order chi connectivity index (χ0) is 29.6. The maximum Gasteiger partial charge on any atom is 0.331 e. The van der Waals surface area contributed by atoms with E-state index in [1.54, 1.807) is 48.5 Å². The SMILES string of the molecule is COc1cccc(C=CC(=O)OC[C@H](COP(=O)([O-])OCC[N+](C)(C)C)OC(=O)C=Cc2cccc(OC)c2)c1. The third kappa shape index (κ3) is 13.5. The first-order chi connectivity index (χ1) is 18.9. The average Bonchev–Trinajstić information content (AvgIpc) is 2.91. The van der Waals surface area contributed by atoms with Gasteiger partial charge in [-0.05, 0) is 47.5 Å². The molecule has 1 unspecified atom stereocenters. The molecule has 2 rings (SSSR count). The fourth-order valence-corrected chi connectivity index (χ4v) is 3.73. The minimum Gasteiger partial charge on any atom is -0.756 e. The Labute approximate surface area is 234 Å². The fourth-order valence-electron chi connectivity index (χ4n) is 3.00. The van der Waals surface area contributed by atoms with Gasteiger partial charge in [0.2, 0.25) is 0 Å². The van der Waals surface area contributed by atoms with Gasteiger partial charge in [0, 0.05) is 12.2 Å². The van der Waals surface area contributed by atoms with Gasteiger partial charge >= 0.3 is 11.9 Å². The number of nitrogens with zero attached hydrogens (tertiary/aromatic N) is 1. The Bertz CT molecular complexity index is 1220. The van der Waals surface area contributed by atoms with Gasteiger partial charge in [-0.3, -0.25) is 4.57 Å². The predicted molar refractivity (Wildman–Crippen MR) is 147 cm³/mol. The van der Waals surface area contributed by atoms with Crippen LogP contribution in [0.15, 0.2) is 60.7 Å². The summed E-state index contributed by atoms with van der Waals surface area (Å²) in [5, 5.41) is 0. The number of phosphoric acid groups is 1. The predicted octanol–water partition coefficient (Wildman–Crippen LogP) is 3.09. The van der Waals surface area contributed by atoms with E-state index < -0.39 is 39.1 Å². The molecule has 0 saturated carbocycles. The second-order valence-electron chi connectivity index (χ2n) is 9.50. The fraction of sp³-hybridized carbons (Fsp3) is 0.357. The van der Waals surface area contributed by atoms with Crippen LogP contribution in [0.25, 0.3) is 12.2 Å². The normalized spacial score (nSPS) is 14.1. The number of phosphoric ester groups is 1. The smallest absolute Gasteiger partial charge is 0.331 e. The number of esters is 2. The average molecular weight is 578 g/mol. The molecule has 0 aliphatic heterocycles. The van der Waals surface area contributed by atoms with Crippen molar-refractivity contribution in [3.63, 3.8) is 0 Å². The van der Waals surface area contributed by atoms with Crippen LogP contribution in [0.5, 0.6) is 11.5 Å². The summed E-state index contributed by atoms with van der Waals surface area (Å²) in [6, 6.07) is 14.0. The van der Waals surface area contributed by atoms with E-state index in [1.807, 2.05) is 21.1 Å². The molecule has 0 radical (unpaired) electrons. The topological polar surface area (TPSA) is 130 Å². The molecule has 2 aromatic carbocycles. The van der Waals surface area contributed by atoms with Crippen molar-refractivity contribution >= 4 is 31.9 Å². The standard InChI is InChI=1S/C28H36NO10P/c1-29(2,3)16-17-37-40(32,33)38-21-26(39-28(31)15-13-23-9-7-11-25(19-23)35-5)20-36-27(30)14-12-22-8-6-10-24(18-22)34-4/h6-15,18-19,26H,16-17,20-21H2,1-5H3/t26-/m1/s1. The van der Waals surface area contributed by atoms with Gasteiger partial charge in [-0.25, -0.2) is 9.59 Å². The summed E-state index contributed by atoms with van der Waals surface area (Å²) in [5.74, 6) is -0.314. The molecule has 2 atom stereocenters. The molecule has 0 saturated heterocycles. The number of hydrogen-bond acceptors (Lipinski definition) is 10. The molecule has 0 aliphatic carbocycles. The Morgan fingerprint density at radius 1 is 0.875 bits per heavy atom. The molecule has 0 fully saturated rings. The highest BCUT2D eigenvalue weighted by molar-refractivity contribution is 7.45. The number of rotatable bonds is 16. The van der Waals surface area contributed by atoms with Crippen LogP contribution in [0.2, 0.25) is 0 Å². The Kier molecular flexibility index (Phi) is 13.1. The quantitative estimate of drug-likeness (QED) is 0.127. The second-order valence-corrected chi connectivity index (χ2v) is 10.9. The van der Waals surface area contributed by atoms with Gasteiger partial charge in [0.15, 0.2) is 6.10 Å². The van der Waals surface area contributed by atoms with Gasteiger partial charge in [-0.2, -0.15) is 0 Å². The third-order valence-electron chi connectivity index (χ3n) is 5.14. The number of carbonyl (C=O) groups is 2. The third-order valence-corrected chi connectivity index (χ3v) is 6.10. The Hall–Kier alpha value is -3.47. The van der Waals surface area contributed by atoms with Crippen molar-refractivity contribution in [2.75, 3.05) is 61.7 Å². The van der Waals surface area contributed by atoms with Gasteiger partial charge < -0.3 is 37.4 Å². The van der Waals surface area contributed by atoms with E-state index in [9.17, 15) is 19.0 Å². The first kappa shape index (κ1) is 32.7. The lowest BCUT2D eigenvalue weighted by atomic mass is 10.2. The van der Waals surface area contributed by atoms with Crippen LogP contribution in [0.4, 0.5) is 0 Å². The van der Waals surface area contributed by atoms with Crippen LogP contribution in [0.1, 0.15) is 11.1 Å². The number of carbonyl (C=O) groups excluding carboxylic acids is 2. The summed E-state index contributed by atoms with van der Waals surface area (Å²) in [5.41, 5.74) is 1.37. The molecule has 0 heterocycles. The molecular weight excluding hydrogens is 541 g/mol. The van der Waals surface area contributed by atoms with Crippen molar-refractivity contribution in [2.24, 2.45) is 0 Å². The van der Waals surface area contributed by atoms with E-state index >= 15 is 0 Å². The highest BCUT2D eigenvalue weighted by atomic mass is 31.2. The summed E-state index contributed by atoms with van der Waals surface area (Å²) in [4.78, 5) is 36.9. The zero-order valence-electron chi connectivity index (χ0n) is 23.3. The summed E-state index contributed by atoms with van der Waals surface area (Å²) in [7, 11) is 3.99. The summed E-state index contributed by atoms with van der Waals surface area (Å²) < 4.78 is 43.3. The monoisotopic (exact) mass is 577 g/mol. The molecule has 0 N–H and O–H groups in total. The van der Waals surface area contributed by atoms with Crippen LogP contribution >= 0.6 is 7.82 Å². The number of likely N-dealkylation sites (N-methyl/N-ethyl adjacent to an activating group) is 1. The maximum atomic E-state index is 12.5. The molecule has 2 aromatic rings. The van der Waals surface area contributed by atoms with E-state index in [2.05, 4.69) is 0 Å². The van der Waals surface area contributed by atoms with Crippen LogP contribution in [0, 0.1) is 0 Å². The number of hydrogen-bond donors (Lipinski definition) is 0. The van der Waals surface area contributed by atoms with Gasteiger partial charge in [-0.1, -0.05) is 24.3 Å². The molecule has 0 spiro atoms. The molecule has 218 valence electrons. The molecule has 0 aromatic heterocycles. The van der Waals surface area contributed by atoms with E-state index in [1.165, 1.54) is 32.4 Å². The van der Waals surface area contributed by atoms with Crippen molar-refractivity contribution in [3.8, 4) is 11.5 Å². The molecular formula is C28H36NO10P. The number of benzene rings is 2. The summed E-state index contributed by atoms with van der Waals surface area (Å²) >= 11 is 0. The van der Waals surface area contributed by atoms with Crippen molar-refractivity contribution in [2.45, 2.75) is 6.10 Å². The van der Waals surface area contributed by atoms with Crippen LogP contribution in [-0.2, 0) is 32.7 Å². The largest absolute Gasteiger partial charge is 0.756 e. The second kappa shape index (κ2) is 16.0. The number of ether oxygens (including phenoxy) is 4. The molecule has 11 nitrogen and oxygen atoms in total. The highest BCUT2D eigenvalue weighted by Crippen LogP contribution is 2.38. The lowest BCUT2D eigenvalue weighted by Gasteiger charge is -2.28. The Balaban J connectivity index is 2.02. The van der Waals surface area contributed by atoms with Crippen molar-refractivity contribution in [3.05, 3.63) is 71.8 Å². The van der Waals surface area contributed by atoms with Crippen molar-refractivity contribution < 1.29 is 51.5 Å². The van der Waals surface area contributed by atoms with E-state index in [0.29, 0.717) is 33.7 Å². The minimum absolute atomic E-state index is 0.0952. The molecule has 0 amide bonds. The number of quaternary nitrogens is 1. The van der Waals surface area contributed by atoms with Gasteiger partial charge in [0.1, 0.15) is 31.3 Å². The first-order valence-electron chi connectivity index (χ1n) is 12.3. The summed E-state index contributed by atoms with van der Waals surface area (Å²) in [6.45, 7) is -0.752.